The molecule has 0 aromatic rings. The first-order valence-electron chi connectivity index (χ1n) is 32.4. The van der Waals surface area contributed by atoms with Crippen LogP contribution in [-0.4, -0.2) is 49.3 Å². The van der Waals surface area contributed by atoms with Crippen LogP contribution in [0, 0.1) is 0 Å². The summed E-state index contributed by atoms with van der Waals surface area (Å²) in [5.41, 5.74) is 5.39. The maximum Gasteiger partial charge on any atom is 0.472 e. The van der Waals surface area contributed by atoms with Gasteiger partial charge in [-0.25, -0.2) is 4.57 Å². The predicted molar refractivity (Wildman–Crippen MR) is 330 cm³/mol. The Morgan fingerprint density at radius 1 is 0.403 bits per heavy atom. The number of phosphoric ester groups is 1. The molecule has 10 heteroatoms. The predicted octanol–water partition coefficient (Wildman–Crippen LogP) is 20.9. The van der Waals surface area contributed by atoms with Gasteiger partial charge < -0.3 is 20.1 Å². The van der Waals surface area contributed by atoms with Crippen LogP contribution >= 0.6 is 7.82 Å². The van der Waals surface area contributed by atoms with Crippen molar-refractivity contribution in [3.05, 3.63) is 72.9 Å². The molecule has 0 fully saturated rings. The lowest BCUT2D eigenvalue weighted by Crippen LogP contribution is -2.29. The van der Waals surface area contributed by atoms with E-state index in [1.165, 1.54) is 212 Å². The van der Waals surface area contributed by atoms with Gasteiger partial charge in [0.15, 0.2) is 6.10 Å². The number of unbranched alkanes of at least 4 members (excludes halogenated alkanes) is 36. The van der Waals surface area contributed by atoms with Crippen LogP contribution in [0.15, 0.2) is 72.9 Å². The number of carbonyl (C=O) groups is 2. The van der Waals surface area contributed by atoms with Gasteiger partial charge in [0.1, 0.15) is 6.61 Å². The largest absolute Gasteiger partial charge is 0.472 e. The molecule has 448 valence electrons. The van der Waals surface area contributed by atoms with Gasteiger partial charge in [-0.05, 0) is 83.5 Å². The highest BCUT2D eigenvalue weighted by Crippen LogP contribution is 2.43. The first-order chi connectivity index (χ1) is 37.8. The van der Waals surface area contributed by atoms with E-state index in [1.807, 2.05) is 0 Å². The molecule has 0 aliphatic carbocycles. The van der Waals surface area contributed by atoms with Gasteiger partial charge in [0, 0.05) is 19.4 Å². The van der Waals surface area contributed by atoms with Crippen LogP contribution in [0.4, 0.5) is 0 Å². The van der Waals surface area contributed by atoms with E-state index >= 15 is 0 Å². The van der Waals surface area contributed by atoms with Crippen LogP contribution in [0.3, 0.4) is 0 Å². The SMILES string of the molecule is CC/C=C\C/C=C\C/C=C\C/C=C\CCCCCCCCCCCCCCCCCCCCCCCCC(=O)OC(COC(=O)CCCCCCCCCCC/C=C\C/C=C\CCCCCCC)COP(=O)(O)OCCN. The molecule has 0 aliphatic rings. The van der Waals surface area contributed by atoms with Crippen molar-refractivity contribution in [1.29, 1.82) is 0 Å². The zero-order valence-electron chi connectivity index (χ0n) is 50.2. The van der Waals surface area contributed by atoms with Crippen LogP contribution < -0.4 is 5.73 Å². The summed E-state index contributed by atoms with van der Waals surface area (Å²) in [4.78, 5) is 35.3. The molecule has 0 amide bonds. The maximum absolute atomic E-state index is 12.7. The van der Waals surface area contributed by atoms with E-state index in [1.54, 1.807) is 0 Å². The Morgan fingerprint density at radius 2 is 0.714 bits per heavy atom. The van der Waals surface area contributed by atoms with Crippen molar-refractivity contribution in [2.45, 2.75) is 315 Å². The third kappa shape index (κ3) is 62.5. The van der Waals surface area contributed by atoms with E-state index in [2.05, 4.69) is 86.8 Å². The molecule has 0 spiro atoms. The molecular formula is C67H122NO8P. The van der Waals surface area contributed by atoms with Crippen molar-refractivity contribution in [2.75, 3.05) is 26.4 Å². The second kappa shape index (κ2) is 62.6. The van der Waals surface area contributed by atoms with Gasteiger partial charge in [0.05, 0.1) is 13.2 Å². The van der Waals surface area contributed by atoms with Crippen LogP contribution in [0.5, 0.6) is 0 Å². The summed E-state index contributed by atoms with van der Waals surface area (Å²) in [5, 5.41) is 0. The Balaban J connectivity index is 3.85. The summed E-state index contributed by atoms with van der Waals surface area (Å²) < 4.78 is 33.1. The Kier molecular flexibility index (Phi) is 60.6. The summed E-state index contributed by atoms with van der Waals surface area (Å²) in [7, 11) is -4.39. The van der Waals surface area contributed by atoms with E-state index in [9.17, 15) is 19.0 Å². The number of hydrogen-bond acceptors (Lipinski definition) is 8. The van der Waals surface area contributed by atoms with Gasteiger partial charge >= 0.3 is 19.8 Å². The molecular weight excluding hydrogens is 978 g/mol. The molecule has 0 aromatic carbocycles. The number of rotatable bonds is 61. The molecule has 0 aliphatic heterocycles. The lowest BCUT2D eigenvalue weighted by molar-refractivity contribution is -0.161. The zero-order chi connectivity index (χ0) is 55.9. The number of allylic oxidation sites excluding steroid dienone is 12. The number of nitrogens with two attached hydrogens (primary N) is 1. The molecule has 0 saturated carbocycles. The van der Waals surface area contributed by atoms with Crippen molar-refractivity contribution in [3.8, 4) is 0 Å². The molecule has 0 radical (unpaired) electrons. The van der Waals surface area contributed by atoms with Crippen molar-refractivity contribution in [3.63, 3.8) is 0 Å². The minimum absolute atomic E-state index is 0.0526. The average molecular weight is 1100 g/mol. The summed E-state index contributed by atoms with van der Waals surface area (Å²) in [6, 6.07) is 0. The summed E-state index contributed by atoms with van der Waals surface area (Å²) in [5.74, 6) is -0.820. The van der Waals surface area contributed by atoms with Crippen molar-refractivity contribution >= 4 is 19.8 Å². The summed E-state index contributed by atoms with van der Waals surface area (Å²) >= 11 is 0. The van der Waals surface area contributed by atoms with Crippen LogP contribution in [0.25, 0.3) is 0 Å². The van der Waals surface area contributed by atoms with Gasteiger partial charge in [0.25, 0.3) is 0 Å². The van der Waals surface area contributed by atoms with Crippen molar-refractivity contribution in [1.82, 2.24) is 0 Å². The van der Waals surface area contributed by atoms with Gasteiger partial charge in [-0.15, -0.1) is 0 Å². The molecule has 2 atom stereocenters. The number of carbonyl (C=O) groups excluding carboxylic acids is 2. The minimum atomic E-state index is -4.39. The van der Waals surface area contributed by atoms with Gasteiger partial charge in [-0.1, -0.05) is 286 Å². The highest BCUT2D eigenvalue weighted by molar-refractivity contribution is 7.47. The Morgan fingerprint density at radius 3 is 1.06 bits per heavy atom. The minimum Gasteiger partial charge on any atom is -0.462 e. The lowest BCUT2D eigenvalue weighted by Gasteiger charge is -2.19. The van der Waals surface area contributed by atoms with E-state index in [0.29, 0.717) is 6.42 Å². The zero-order valence-corrected chi connectivity index (χ0v) is 51.1. The molecule has 0 bridgehead atoms. The quantitative estimate of drug-likeness (QED) is 0.0264. The highest BCUT2D eigenvalue weighted by atomic mass is 31.2. The van der Waals surface area contributed by atoms with Crippen molar-refractivity contribution in [2.24, 2.45) is 5.73 Å². The highest BCUT2D eigenvalue weighted by Gasteiger charge is 2.26. The van der Waals surface area contributed by atoms with Gasteiger partial charge in [-0.2, -0.15) is 0 Å². The van der Waals surface area contributed by atoms with Gasteiger partial charge in [-0.3, -0.25) is 18.6 Å². The summed E-state index contributed by atoms with van der Waals surface area (Å²) in [6.07, 6.45) is 81.3. The third-order valence-electron chi connectivity index (χ3n) is 14.1. The van der Waals surface area contributed by atoms with E-state index in [4.69, 9.17) is 24.3 Å². The van der Waals surface area contributed by atoms with Gasteiger partial charge in [0.2, 0.25) is 0 Å². The fourth-order valence-corrected chi connectivity index (χ4v) is 10.1. The number of ether oxygens (including phenoxy) is 2. The normalized spacial score (nSPS) is 13.5. The second-order valence-corrected chi connectivity index (χ2v) is 23.1. The molecule has 77 heavy (non-hydrogen) atoms. The Hall–Kier alpha value is -2.55. The Bertz CT molecular complexity index is 1490. The first kappa shape index (κ1) is 74.5. The third-order valence-corrected chi connectivity index (χ3v) is 15.1. The monoisotopic (exact) mass is 1100 g/mol. The smallest absolute Gasteiger partial charge is 0.462 e. The molecule has 0 aromatic heterocycles. The fourth-order valence-electron chi connectivity index (χ4n) is 9.31. The van der Waals surface area contributed by atoms with Crippen LogP contribution in [-0.2, 0) is 32.7 Å². The molecule has 0 heterocycles. The summed E-state index contributed by atoms with van der Waals surface area (Å²) in [6.45, 7) is 3.66. The maximum atomic E-state index is 12.7. The van der Waals surface area contributed by atoms with Crippen LogP contribution in [0.2, 0.25) is 0 Å². The molecule has 3 N–H and O–H groups in total. The van der Waals surface area contributed by atoms with E-state index in [0.717, 1.165) is 64.2 Å². The number of phosphoric acid groups is 1. The molecule has 0 rings (SSSR count). The number of esters is 2. The molecule has 0 saturated heterocycles. The first-order valence-corrected chi connectivity index (χ1v) is 33.9. The van der Waals surface area contributed by atoms with Crippen LogP contribution in [0.1, 0.15) is 309 Å². The standard InChI is InChI=1S/C67H122NO8P/c1-3-5-7-9-11-13-15-17-19-21-23-25-26-27-28-29-30-31-32-33-34-35-36-37-38-40-42-44-46-48-50-52-54-56-58-60-67(70)76-65(64-75-77(71,72)74-62-61-68)63-73-66(69)59-57-55-53-51-49-47-45-43-41-39-24-22-20-18-16-14-12-10-8-6-4-2/h5,7,11,13,16-19,22-25,65H,3-4,6,8-10,12,14-15,20-21,26-64,68H2,1-2H3,(H,71,72)/b7-5-,13-11-,18-16-,19-17-,24-22-,25-23-. The lowest BCUT2D eigenvalue weighted by atomic mass is 10.0. The van der Waals surface area contributed by atoms with E-state index < -0.39 is 26.5 Å². The fraction of sp³-hybridized carbons (Fsp3) is 0.791. The molecule has 2 unspecified atom stereocenters. The van der Waals surface area contributed by atoms with Crippen molar-refractivity contribution < 1.29 is 37.6 Å². The average Bonchev–Trinajstić information content (AvgIpc) is 3.42. The molecule has 9 nitrogen and oxygen atoms in total. The second-order valence-electron chi connectivity index (χ2n) is 21.6. The van der Waals surface area contributed by atoms with E-state index in [-0.39, 0.29) is 38.6 Å². The topological polar surface area (TPSA) is 134 Å². The Labute approximate surface area is 475 Å². The number of hydrogen-bond donors (Lipinski definition) is 2.